The minimum atomic E-state index is -4.03. The molecule has 0 aliphatic rings. The van der Waals surface area contributed by atoms with Crippen LogP contribution in [0.5, 0.6) is 0 Å². The summed E-state index contributed by atoms with van der Waals surface area (Å²) >= 11 is 5.77. The second kappa shape index (κ2) is 5.84. The maximum Gasteiger partial charge on any atom is 0.340 e. The van der Waals surface area contributed by atoms with Crippen LogP contribution in [0.4, 0.5) is 0 Å². The van der Waals surface area contributed by atoms with E-state index in [0.717, 1.165) is 6.20 Å². The molecule has 7 nitrogen and oxygen atoms in total. The molecular formula is C12H12ClN3O4S. The number of hydrogen-bond acceptors (Lipinski definition) is 4. The molecule has 2 rings (SSSR count). The third-order valence-electron chi connectivity index (χ3n) is 2.81. The predicted octanol–water partition coefficient (Wildman–Crippen LogP) is 1.80. The molecule has 0 aliphatic heterocycles. The summed E-state index contributed by atoms with van der Waals surface area (Å²) in [5.41, 5.74) is 0.283. The van der Waals surface area contributed by atoms with Gasteiger partial charge in [-0.25, -0.2) is 17.9 Å². The van der Waals surface area contributed by atoms with Crippen LogP contribution in [0.3, 0.4) is 0 Å². The number of carboxylic acids is 1. The number of H-pyrrole nitrogens is 1. The number of carboxylic acid groups (broad SMARTS) is 1. The van der Waals surface area contributed by atoms with E-state index in [1.807, 2.05) is 0 Å². The normalized spacial score (nSPS) is 13.0. The number of hydrogen-bond donors (Lipinski definition) is 3. The van der Waals surface area contributed by atoms with Gasteiger partial charge in [-0.05, 0) is 24.6 Å². The number of sulfonamides is 1. The highest BCUT2D eigenvalue weighted by Crippen LogP contribution is 2.19. The summed E-state index contributed by atoms with van der Waals surface area (Å²) in [6, 6.07) is 6.08. The van der Waals surface area contributed by atoms with E-state index in [-0.39, 0.29) is 0 Å². The van der Waals surface area contributed by atoms with Gasteiger partial charge in [0.05, 0.1) is 6.20 Å². The van der Waals surface area contributed by atoms with E-state index in [1.54, 1.807) is 31.2 Å². The highest BCUT2D eigenvalue weighted by Gasteiger charge is 2.26. The molecule has 1 heterocycles. The molecule has 0 bridgehead atoms. The van der Waals surface area contributed by atoms with Gasteiger partial charge < -0.3 is 5.11 Å². The lowest BCUT2D eigenvalue weighted by atomic mass is 10.1. The standard InChI is InChI=1S/C12H12ClN3O4S/c1-7(8-2-4-9(13)5-3-8)16-21(19,20)11-10(12(17)18)6-14-15-11/h2-7,16H,1H3,(H,14,15)(H,17,18)/t7-/m1/s1. The Hall–Kier alpha value is -1.90. The monoisotopic (exact) mass is 329 g/mol. The second-order valence-corrected chi connectivity index (χ2v) is 6.40. The molecule has 1 atom stereocenters. The van der Waals surface area contributed by atoms with Gasteiger partial charge in [-0.15, -0.1) is 0 Å². The SMILES string of the molecule is C[C@@H](NS(=O)(=O)c1[nH]ncc1C(=O)O)c1ccc(Cl)cc1. The van der Waals surface area contributed by atoms with E-state index in [0.29, 0.717) is 10.6 Å². The Morgan fingerprint density at radius 2 is 2.00 bits per heavy atom. The summed E-state index contributed by atoms with van der Waals surface area (Å²) in [5, 5.41) is 14.6. The third-order valence-corrected chi connectivity index (χ3v) is 4.57. The average molecular weight is 330 g/mol. The van der Waals surface area contributed by atoms with Gasteiger partial charge >= 0.3 is 5.97 Å². The number of carbonyl (C=O) groups is 1. The molecule has 2 aromatic rings. The molecule has 1 aromatic heterocycles. The van der Waals surface area contributed by atoms with E-state index in [9.17, 15) is 13.2 Å². The Kier molecular flexibility index (Phi) is 4.31. The van der Waals surface area contributed by atoms with Gasteiger partial charge in [0.2, 0.25) is 0 Å². The summed E-state index contributed by atoms with van der Waals surface area (Å²) in [4.78, 5) is 11.0. The number of aromatic amines is 1. The smallest absolute Gasteiger partial charge is 0.340 e. The maximum atomic E-state index is 12.2. The van der Waals surface area contributed by atoms with Crippen LogP contribution in [0, 0.1) is 0 Å². The van der Waals surface area contributed by atoms with E-state index in [2.05, 4.69) is 14.9 Å². The number of benzene rings is 1. The highest BCUT2D eigenvalue weighted by molar-refractivity contribution is 7.89. The Balaban J connectivity index is 2.27. The molecule has 0 fully saturated rings. The van der Waals surface area contributed by atoms with Crippen LogP contribution >= 0.6 is 11.6 Å². The summed E-state index contributed by atoms with van der Waals surface area (Å²) in [5.74, 6) is -1.37. The molecule has 112 valence electrons. The largest absolute Gasteiger partial charge is 0.478 e. The Bertz CT molecular complexity index is 755. The first kappa shape index (κ1) is 15.5. The van der Waals surface area contributed by atoms with Gasteiger partial charge in [0.25, 0.3) is 10.0 Å². The minimum absolute atomic E-state index is 0.411. The fraction of sp³-hybridized carbons (Fsp3) is 0.167. The van der Waals surface area contributed by atoms with E-state index in [1.165, 1.54) is 0 Å². The molecule has 0 saturated carbocycles. The highest BCUT2D eigenvalue weighted by atomic mass is 35.5. The van der Waals surface area contributed by atoms with Crippen LogP contribution in [0.15, 0.2) is 35.5 Å². The number of rotatable bonds is 5. The lowest BCUT2D eigenvalue weighted by molar-refractivity contribution is 0.0692. The van der Waals surface area contributed by atoms with Crippen LogP contribution in [0.25, 0.3) is 0 Å². The van der Waals surface area contributed by atoms with E-state index < -0.39 is 32.6 Å². The zero-order chi connectivity index (χ0) is 15.6. The average Bonchev–Trinajstić information content (AvgIpc) is 2.89. The zero-order valence-corrected chi connectivity index (χ0v) is 12.4. The summed E-state index contributed by atoms with van der Waals surface area (Å²) in [6.07, 6.45) is 0.948. The molecule has 0 spiro atoms. The predicted molar refractivity (Wildman–Crippen MR) is 75.7 cm³/mol. The number of nitrogens with one attached hydrogen (secondary N) is 2. The first-order chi connectivity index (χ1) is 9.81. The van der Waals surface area contributed by atoms with Crippen LogP contribution in [-0.4, -0.2) is 29.7 Å². The van der Waals surface area contributed by atoms with Crippen molar-refractivity contribution in [3.8, 4) is 0 Å². The lowest BCUT2D eigenvalue weighted by Gasteiger charge is -2.14. The molecule has 0 amide bonds. The summed E-state index contributed by atoms with van der Waals surface area (Å²) < 4.78 is 26.8. The fourth-order valence-corrected chi connectivity index (χ4v) is 3.19. The maximum absolute atomic E-state index is 12.2. The topological polar surface area (TPSA) is 112 Å². The van der Waals surface area contributed by atoms with Crippen LogP contribution in [-0.2, 0) is 10.0 Å². The van der Waals surface area contributed by atoms with Gasteiger partial charge in [0, 0.05) is 11.1 Å². The number of nitrogens with zero attached hydrogens (tertiary/aromatic N) is 1. The molecule has 0 aliphatic carbocycles. The van der Waals surface area contributed by atoms with Crippen molar-refractivity contribution in [1.29, 1.82) is 0 Å². The van der Waals surface area contributed by atoms with Crippen molar-refractivity contribution in [2.75, 3.05) is 0 Å². The van der Waals surface area contributed by atoms with Crippen LogP contribution < -0.4 is 4.72 Å². The van der Waals surface area contributed by atoms with Crippen molar-refractivity contribution in [2.45, 2.75) is 18.0 Å². The van der Waals surface area contributed by atoms with Gasteiger partial charge in [-0.3, -0.25) is 5.10 Å². The first-order valence-corrected chi connectivity index (χ1v) is 7.72. The van der Waals surface area contributed by atoms with Crippen molar-refractivity contribution in [3.63, 3.8) is 0 Å². The molecule has 0 saturated heterocycles. The van der Waals surface area contributed by atoms with Crippen molar-refractivity contribution < 1.29 is 18.3 Å². The summed E-state index contributed by atoms with van der Waals surface area (Å²) in [7, 11) is -4.03. The van der Waals surface area contributed by atoms with Gasteiger partial charge in [0.1, 0.15) is 5.56 Å². The van der Waals surface area contributed by atoms with E-state index >= 15 is 0 Å². The molecule has 0 unspecified atom stereocenters. The first-order valence-electron chi connectivity index (χ1n) is 5.85. The Morgan fingerprint density at radius 1 is 1.38 bits per heavy atom. The lowest BCUT2D eigenvalue weighted by Crippen LogP contribution is -2.28. The van der Waals surface area contributed by atoms with Gasteiger partial charge in [-0.2, -0.15) is 5.10 Å². The van der Waals surface area contributed by atoms with Gasteiger partial charge in [-0.1, -0.05) is 23.7 Å². The van der Waals surface area contributed by atoms with Crippen molar-refractivity contribution in [3.05, 3.63) is 46.6 Å². The molecule has 0 radical (unpaired) electrons. The summed E-state index contributed by atoms with van der Waals surface area (Å²) in [6.45, 7) is 1.64. The molecule has 1 aromatic carbocycles. The number of halogens is 1. The van der Waals surface area contributed by atoms with Crippen LogP contribution in [0.1, 0.15) is 28.9 Å². The Labute approximate surface area is 126 Å². The second-order valence-electron chi connectivity index (χ2n) is 4.31. The molecule has 3 N–H and O–H groups in total. The van der Waals surface area contributed by atoms with Gasteiger partial charge in [0.15, 0.2) is 5.03 Å². The molecular weight excluding hydrogens is 318 g/mol. The quantitative estimate of drug-likeness (QED) is 0.774. The van der Waals surface area contributed by atoms with Crippen LogP contribution in [0.2, 0.25) is 5.02 Å². The zero-order valence-electron chi connectivity index (χ0n) is 10.9. The number of aromatic carboxylic acids is 1. The fourth-order valence-electron chi connectivity index (χ4n) is 1.74. The third kappa shape index (κ3) is 3.41. The molecule has 9 heteroatoms. The van der Waals surface area contributed by atoms with Crippen molar-refractivity contribution >= 4 is 27.6 Å². The van der Waals surface area contributed by atoms with E-state index in [4.69, 9.17) is 16.7 Å². The number of aromatic nitrogens is 2. The van der Waals surface area contributed by atoms with Crippen molar-refractivity contribution in [1.82, 2.24) is 14.9 Å². The minimum Gasteiger partial charge on any atom is -0.478 e. The van der Waals surface area contributed by atoms with Crippen molar-refractivity contribution in [2.24, 2.45) is 0 Å². The Morgan fingerprint density at radius 3 is 2.57 bits per heavy atom. The molecule has 21 heavy (non-hydrogen) atoms.